The number of amides is 1. The molecule has 1 heterocycles. The van der Waals surface area contributed by atoms with Crippen molar-refractivity contribution in [3.8, 4) is 22.7 Å². The Kier molecular flexibility index (Phi) is 5.91. The van der Waals surface area contributed by atoms with E-state index in [1.165, 1.54) is 18.7 Å². The summed E-state index contributed by atoms with van der Waals surface area (Å²) in [6.45, 7) is 1.94. The number of nitrogens with zero attached hydrogens (tertiary/aromatic N) is 2. The van der Waals surface area contributed by atoms with Gasteiger partial charge in [-0.25, -0.2) is 4.68 Å². The van der Waals surface area contributed by atoms with Crippen molar-refractivity contribution < 1.29 is 22.7 Å². The predicted molar refractivity (Wildman–Crippen MR) is 103 cm³/mol. The Bertz CT molecular complexity index is 978. The van der Waals surface area contributed by atoms with Crippen molar-refractivity contribution in [2.75, 3.05) is 13.7 Å². The summed E-state index contributed by atoms with van der Waals surface area (Å²) in [5.74, 6) is 0.492. The molecule has 0 saturated carbocycles. The molecule has 0 radical (unpaired) electrons. The summed E-state index contributed by atoms with van der Waals surface area (Å²) in [5, 5.41) is 6.49. The van der Waals surface area contributed by atoms with Gasteiger partial charge in [-0.3, -0.25) is 4.79 Å². The Labute approximate surface area is 166 Å². The van der Waals surface area contributed by atoms with E-state index in [0.29, 0.717) is 35.7 Å². The van der Waals surface area contributed by atoms with E-state index in [9.17, 15) is 18.0 Å². The highest BCUT2D eigenvalue weighted by Gasteiger charge is 2.35. The number of nitrogens with one attached hydrogen (secondary N) is 1. The van der Waals surface area contributed by atoms with Gasteiger partial charge in [-0.05, 0) is 42.3 Å². The van der Waals surface area contributed by atoms with E-state index in [-0.39, 0.29) is 5.91 Å². The molecule has 1 N–H and O–H groups in total. The molecule has 152 valence electrons. The molecule has 3 rings (SSSR count). The molecule has 0 spiro atoms. The second kappa shape index (κ2) is 8.38. The Morgan fingerprint density at radius 2 is 1.76 bits per heavy atom. The molecular formula is C21H20F3N3O2. The molecule has 0 aliphatic carbocycles. The van der Waals surface area contributed by atoms with Crippen LogP contribution in [0.1, 0.15) is 18.2 Å². The highest BCUT2D eigenvalue weighted by molar-refractivity contribution is 5.72. The van der Waals surface area contributed by atoms with E-state index in [1.807, 2.05) is 12.1 Å². The van der Waals surface area contributed by atoms with E-state index < -0.39 is 11.9 Å². The average molecular weight is 403 g/mol. The number of carbonyl (C=O) groups is 1. The topological polar surface area (TPSA) is 56.1 Å². The van der Waals surface area contributed by atoms with Crippen LogP contribution in [-0.4, -0.2) is 29.3 Å². The molecule has 3 aromatic rings. The lowest BCUT2D eigenvalue weighted by Crippen LogP contribution is -2.22. The molecule has 29 heavy (non-hydrogen) atoms. The Morgan fingerprint density at radius 1 is 1.10 bits per heavy atom. The number of benzene rings is 2. The van der Waals surface area contributed by atoms with Gasteiger partial charge in [0, 0.05) is 19.0 Å². The minimum atomic E-state index is -4.55. The summed E-state index contributed by atoms with van der Waals surface area (Å²) in [6, 6.07) is 14.8. The molecular weight excluding hydrogens is 383 g/mol. The Hall–Kier alpha value is -3.29. The summed E-state index contributed by atoms with van der Waals surface area (Å²) in [6.07, 6.45) is -3.92. The lowest BCUT2D eigenvalue weighted by Gasteiger charge is -2.09. The summed E-state index contributed by atoms with van der Waals surface area (Å²) < 4.78 is 46.2. The van der Waals surface area contributed by atoms with Crippen LogP contribution in [0.25, 0.3) is 16.9 Å². The highest BCUT2D eigenvalue weighted by atomic mass is 19.4. The fraction of sp³-hybridized carbons (Fsp3) is 0.238. The van der Waals surface area contributed by atoms with E-state index in [4.69, 9.17) is 4.74 Å². The van der Waals surface area contributed by atoms with Gasteiger partial charge in [0.15, 0.2) is 5.69 Å². The van der Waals surface area contributed by atoms with Crippen LogP contribution in [0.15, 0.2) is 54.6 Å². The number of methoxy groups -OCH3 is 1. The molecule has 0 aliphatic heterocycles. The van der Waals surface area contributed by atoms with E-state index in [0.717, 1.165) is 11.6 Å². The first-order chi connectivity index (χ1) is 13.8. The fourth-order valence-corrected chi connectivity index (χ4v) is 2.87. The molecule has 0 atom stereocenters. The maximum absolute atomic E-state index is 13.3. The van der Waals surface area contributed by atoms with E-state index in [1.54, 1.807) is 36.4 Å². The van der Waals surface area contributed by atoms with Gasteiger partial charge in [0.05, 0.1) is 18.5 Å². The van der Waals surface area contributed by atoms with Crippen molar-refractivity contribution in [1.82, 2.24) is 15.1 Å². The number of alkyl halides is 3. The summed E-state index contributed by atoms with van der Waals surface area (Å²) >= 11 is 0. The molecule has 1 aromatic heterocycles. The zero-order valence-electron chi connectivity index (χ0n) is 16.0. The SMILES string of the molecule is COc1ccc(-n2nc(C(F)(F)F)cc2-c2ccc(CCNC(C)=O)cc2)cc1. The normalized spacial score (nSPS) is 11.3. The van der Waals surface area contributed by atoms with Gasteiger partial charge in [0.2, 0.25) is 5.91 Å². The van der Waals surface area contributed by atoms with Gasteiger partial charge in [-0.1, -0.05) is 24.3 Å². The second-order valence-electron chi connectivity index (χ2n) is 6.45. The number of aromatic nitrogens is 2. The van der Waals surface area contributed by atoms with Gasteiger partial charge in [-0.15, -0.1) is 0 Å². The largest absolute Gasteiger partial charge is 0.497 e. The smallest absolute Gasteiger partial charge is 0.435 e. The molecule has 1 amide bonds. The maximum Gasteiger partial charge on any atom is 0.435 e. The van der Waals surface area contributed by atoms with E-state index in [2.05, 4.69) is 10.4 Å². The zero-order chi connectivity index (χ0) is 21.0. The van der Waals surface area contributed by atoms with Crippen LogP contribution in [0, 0.1) is 0 Å². The Morgan fingerprint density at radius 3 is 2.31 bits per heavy atom. The summed E-state index contributed by atoms with van der Waals surface area (Å²) in [4.78, 5) is 10.9. The third-order valence-electron chi connectivity index (χ3n) is 4.35. The summed E-state index contributed by atoms with van der Waals surface area (Å²) in [7, 11) is 1.52. The third kappa shape index (κ3) is 4.96. The number of ether oxygens (including phenoxy) is 1. The quantitative estimate of drug-likeness (QED) is 0.670. The van der Waals surface area contributed by atoms with Gasteiger partial charge in [0.1, 0.15) is 5.75 Å². The molecule has 0 fully saturated rings. The first kappa shape index (κ1) is 20.4. The van der Waals surface area contributed by atoms with Crippen LogP contribution in [-0.2, 0) is 17.4 Å². The van der Waals surface area contributed by atoms with Crippen LogP contribution in [0.4, 0.5) is 13.2 Å². The van der Waals surface area contributed by atoms with Crippen molar-refractivity contribution in [3.63, 3.8) is 0 Å². The minimum Gasteiger partial charge on any atom is -0.497 e. The van der Waals surface area contributed by atoms with Crippen molar-refractivity contribution in [2.45, 2.75) is 19.5 Å². The molecule has 0 unspecified atom stereocenters. The molecule has 8 heteroatoms. The number of hydrogen-bond donors (Lipinski definition) is 1. The first-order valence-electron chi connectivity index (χ1n) is 8.93. The molecule has 0 aliphatic rings. The van der Waals surface area contributed by atoms with Crippen LogP contribution < -0.4 is 10.1 Å². The molecule has 2 aromatic carbocycles. The average Bonchev–Trinajstić information content (AvgIpc) is 3.14. The van der Waals surface area contributed by atoms with Crippen LogP contribution in [0.3, 0.4) is 0 Å². The Balaban J connectivity index is 1.94. The molecule has 0 bridgehead atoms. The standard InChI is InChI=1S/C21H20F3N3O2/c1-14(28)25-12-11-15-3-5-16(6-4-15)19-13-20(21(22,23)24)26-27(19)17-7-9-18(29-2)10-8-17/h3-10,13H,11-12H2,1-2H3,(H,25,28). The van der Waals surface area contributed by atoms with Gasteiger partial charge in [0.25, 0.3) is 0 Å². The van der Waals surface area contributed by atoms with Gasteiger partial charge in [-0.2, -0.15) is 18.3 Å². The van der Waals surface area contributed by atoms with Crippen LogP contribution in [0.2, 0.25) is 0 Å². The van der Waals surface area contributed by atoms with Crippen molar-refractivity contribution >= 4 is 5.91 Å². The zero-order valence-corrected chi connectivity index (χ0v) is 16.0. The number of hydrogen-bond acceptors (Lipinski definition) is 3. The minimum absolute atomic E-state index is 0.107. The van der Waals surface area contributed by atoms with Crippen molar-refractivity contribution in [3.05, 3.63) is 65.9 Å². The highest BCUT2D eigenvalue weighted by Crippen LogP contribution is 2.33. The van der Waals surface area contributed by atoms with Gasteiger partial charge >= 0.3 is 6.18 Å². The lowest BCUT2D eigenvalue weighted by molar-refractivity contribution is -0.141. The number of rotatable bonds is 6. The first-order valence-corrected chi connectivity index (χ1v) is 8.93. The predicted octanol–water partition coefficient (Wildman–Crippen LogP) is 4.25. The monoisotopic (exact) mass is 403 g/mol. The molecule has 0 saturated heterocycles. The van der Waals surface area contributed by atoms with E-state index >= 15 is 0 Å². The van der Waals surface area contributed by atoms with Crippen molar-refractivity contribution in [2.24, 2.45) is 0 Å². The van der Waals surface area contributed by atoms with Crippen LogP contribution >= 0.6 is 0 Å². The lowest BCUT2D eigenvalue weighted by atomic mass is 10.1. The van der Waals surface area contributed by atoms with Gasteiger partial charge < -0.3 is 10.1 Å². The number of carbonyl (C=O) groups excluding carboxylic acids is 1. The number of halogens is 3. The van der Waals surface area contributed by atoms with Crippen LogP contribution in [0.5, 0.6) is 5.75 Å². The fourth-order valence-electron chi connectivity index (χ4n) is 2.87. The summed E-state index contributed by atoms with van der Waals surface area (Å²) in [5.41, 5.74) is 1.43. The maximum atomic E-state index is 13.3. The molecule has 5 nitrogen and oxygen atoms in total. The second-order valence-corrected chi connectivity index (χ2v) is 6.45. The third-order valence-corrected chi connectivity index (χ3v) is 4.35. The van der Waals surface area contributed by atoms with Crippen molar-refractivity contribution in [1.29, 1.82) is 0 Å².